The van der Waals surface area contributed by atoms with E-state index in [0.717, 1.165) is 22.9 Å². The largest absolute Gasteiger partial charge is 0.462 e. The molecule has 0 spiro atoms. The second kappa shape index (κ2) is 9.22. The first-order chi connectivity index (χ1) is 17.4. The number of aromatic nitrogens is 4. The molecule has 194 valence electrons. The second-order valence-corrected chi connectivity index (χ2v) is 8.16. The van der Waals surface area contributed by atoms with E-state index >= 15 is 0 Å². The average molecular weight is 520 g/mol. The van der Waals surface area contributed by atoms with E-state index in [1.54, 1.807) is 13.1 Å². The van der Waals surface area contributed by atoms with E-state index in [9.17, 15) is 36.7 Å². The van der Waals surface area contributed by atoms with Gasteiger partial charge in [0.2, 0.25) is 0 Å². The maximum absolute atomic E-state index is 14.7. The molecule has 4 aromatic rings. The fraction of sp³-hybridized carbons (Fsp3) is 0.250. The molecule has 9 nitrogen and oxygen atoms in total. The summed E-state index contributed by atoms with van der Waals surface area (Å²) in [6.45, 7) is 0.513. The summed E-state index contributed by atoms with van der Waals surface area (Å²) in [6.07, 6.45) is -4.05. The van der Waals surface area contributed by atoms with Gasteiger partial charge in [-0.3, -0.25) is 23.1 Å². The van der Waals surface area contributed by atoms with Gasteiger partial charge in [0.05, 0.1) is 35.4 Å². The SMILES string of the molecule is CCOC(=O)c1cn(-c2ccc3c(c2)n(C)c(=O)n3C)c(=O)n(Cc2cccc(C(F)(F)F)c2F)c1=O. The Kier molecular flexibility index (Phi) is 6.40. The maximum Gasteiger partial charge on any atom is 0.419 e. The fourth-order valence-electron chi connectivity index (χ4n) is 4.01. The summed E-state index contributed by atoms with van der Waals surface area (Å²) in [4.78, 5) is 51.2. The summed E-state index contributed by atoms with van der Waals surface area (Å²) in [6, 6.07) is 6.96. The number of esters is 1. The Morgan fingerprint density at radius 2 is 1.65 bits per heavy atom. The van der Waals surface area contributed by atoms with Gasteiger partial charge < -0.3 is 4.74 Å². The highest BCUT2D eigenvalue weighted by molar-refractivity contribution is 5.88. The van der Waals surface area contributed by atoms with Crippen LogP contribution in [0.4, 0.5) is 17.6 Å². The van der Waals surface area contributed by atoms with Gasteiger partial charge in [-0.25, -0.2) is 18.8 Å². The number of carbonyl (C=O) groups is 1. The first-order valence-electron chi connectivity index (χ1n) is 10.9. The van der Waals surface area contributed by atoms with E-state index in [0.29, 0.717) is 21.7 Å². The highest BCUT2D eigenvalue weighted by Crippen LogP contribution is 2.32. The zero-order valence-corrected chi connectivity index (χ0v) is 19.8. The van der Waals surface area contributed by atoms with Gasteiger partial charge in [0.25, 0.3) is 5.56 Å². The summed E-state index contributed by atoms with van der Waals surface area (Å²) in [5.41, 5.74) is -4.17. The molecule has 2 aromatic carbocycles. The van der Waals surface area contributed by atoms with Crippen LogP contribution in [0.25, 0.3) is 16.7 Å². The number of ether oxygens (including phenoxy) is 1. The quantitative estimate of drug-likeness (QED) is 0.298. The van der Waals surface area contributed by atoms with Crippen LogP contribution >= 0.6 is 0 Å². The minimum atomic E-state index is -5.00. The van der Waals surface area contributed by atoms with Crippen molar-refractivity contribution >= 4 is 17.0 Å². The van der Waals surface area contributed by atoms with E-state index in [-0.39, 0.29) is 18.0 Å². The van der Waals surface area contributed by atoms with Crippen molar-refractivity contribution in [3.05, 3.63) is 96.4 Å². The Morgan fingerprint density at radius 3 is 2.30 bits per heavy atom. The molecule has 2 aromatic heterocycles. The molecule has 4 rings (SSSR count). The smallest absolute Gasteiger partial charge is 0.419 e. The van der Waals surface area contributed by atoms with E-state index in [1.807, 2.05) is 0 Å². The van der Waals surface area contributed by atoms with E-state index in [2.05, 4.69) is 0 Å². The van der Waals surface area contributed by atoms with E-state index in [1.165, 1.54) is 35.2 Å². The van der Waals surface area contributed by atoms with Crippen molar-refractivity contribution in [3.8, 4) is 5.69 Å². The lowest BCUT2D eigenvalue weighted by Gasteiger charge is -2.15. The molecule has 0 aliphatic carbocycles. The molecule has 0 aliphatic rings. The van der Waals surface area contributed by atoms with Crippen LogP contribution in [-0.4, -0.2) is 30.8 Å². The number of halogens is 4. The van der Waals surface area contributed by atoms with Gasteiger partial charge >= 0.3 is 23.5 Å². The Bertz CT molecular complexity index is 1730. The molecule has 0 fully saturated rings. The molecule has 0 atom stereocenters. The van der Waals surface area contributed by atoms with Crippen LogP contribution in [0.3, 0.4) is 0 Å². The molecule has 0 bridgehead atoms. The van der Waals surface area contributed by atoms with Crippen LogP contribution in [0, 0.1) is 5.82 Å². The lowest BCUT2D eigenvalue weighted by atomic mass is 10.1. The number of fused-ring (bicyclic) bond motifs is 1. The standard InChI is InChI=1S/C24H20F4N4O5/c1-4-37-21(34)15-12-31(14-8-9-17-18(10-14)30(3)22(35)29(17)2)23(36)32(20(15)33)11-13-6-5-7-16(19(13)25)24(26,27)28/h5-10,12H,4,11H2,1-3H3. The molecular formula is C24H20F4N4O5. The van der Waals surface area contributed by atoms with Crippen molar-refractivity contribution in [1.29, 1.82) is 0 Å². The molecule has 13 heteroatoms. The fourth-order valence-corrected chi connectivity index (χ4v) is 4.01. The first kappa shape index (κ1) is 25.7. The number of aryl methyl sites for hydroxylation is 2. The van der Waals surface area contributed by atoms with Crippen molar-refractivity contribution in [1.82, 2.24) is 18.3 Å². The average Bonchev–Trinajstić information content (AvgIpc) is 3.05. The van der Waals surface area contributed by atoms with Crippen LogP contribution in [0.1, 0.15) is 28.4 Å². The lowest BCUT2D eigenvalue weighted by molar-refractivity contribution is -0.140. The van der Waals surface area contributed by atoms with Gasteiger partial charge in [0.1, 0.15) is 11.4 Å². The molecule has 2 heterocycles. The van der Waals surface area contributed by atoms with E-state index < -0.39 is 52.4 Å². The van der Waals surface area contributed by atoms with Gasteiger partial charge in [-0.05, 0) is 31.2 Å². The predicted octanol–water partition coefficient (Wildman–Crippen LogP) is 2.57. The monoisotopic (exact) mass is 520 g/mol. The second-order valence-electron chi connectivity index (χ2n) is 8.16. The molecule has 37 heavy (non-hydrogen) atoms. The zero-order valence-electron chi connectivity index (χ0n) is 19.8. The molecule has 0 aliphatic heterocycles. The Labute approximate surface area is 205 Å². The molecule has 0 radical (unpaired) electrons. The lowest BCUT2D eigenvalue weighted by Crippen LogP contribution is -2.42. The van der Waals surface area contributed by atoms with Crippen molar-refractivity contribution in [2.45, 2.75) is 19.6 Å². The Balaban J connectivity index is 1.97. The number of rotatable bonds is 5. The number of alkyl halides is 3. The molecule has 0 saturated heterocycles. The highest BCUT2D eigenvalue weighted by Gasteiger charge is 2.35. The number of hydrogen-bond donors (Lipinski definition) is 0. The number of hydrogen-bond acceptors (Lipinski definition) is 5. The Morgan fingerprint density at radius 1 is 0.973 bits per heavy atom. The minimum absolute atomic E-state index is 0.0995. The van der Waals surface area contributed by atoms with Crippen LogP contribution in [0.5, 0.6) is 0 Å². The van der Waals surface area contributed by atoms with Crippen LogP contribution in [0.2, 0.25) is 0 Å². The van der Waals surface area contributed by atoms with Gasteiger partial charge in [0.15, 0.2) is 0 Å². The van der Waals surface area contributed by atoms with Gasteiger partial charge in [-0.2, -0.15) is 13.2 Å². The Hall–Kier alpha value is -4.42. The third-order valence-electron chi connectivity index (χ3n) is 5.91. The van der Waals surface area contributed by atoms with E-state index in [4.69, 9.17) is 4.74 Å². The number of carbonyl (C=O) groups excluding carboxylic acids is 1. The number of benzene rings is 2. The summed E-state index contributed by atoms with van der Waals surface area (Å²) < 4.78 is 63.3. The number of nitrogens with zero attached hydrogens (tertiary/aromatic N) is 4. The maximum atomic E-state index is 14.7. The summed E-state index contributed by atoms with van der Waals surface area (Å²) >= 11 is 0. The topological polar surface area (TPSA) is 97.2 Å². The molecule has 0 N–H and O–H groups in total. The molecule has 0 unspecified atom stereocenters. The predicted molar refractivity (Wildman–Crippen MR) is 124 cm³/mol. The minimum Gasteiger partial charge on any atom is -0.462 e. The summed E-state index contributed by atoms with van der Waals surface area (Å²) in [7, 11) is 3.07. The normalized spacial score (nSPS) is 11.8. The first-order valence-corrected chi connectivity index (χ1v) is 10.9. The molecular weight excluding hydrogens is 500 g/mol. The van der Waals surface area contributed by atoms with Crippen molar-refractivity contribution in [3.63, 3.8) is 0 Å². The highest BCUT2D eigenvalue weighted by atomic mass is 19.4. The third kappa shape index (κ3) is 4.36. The van der Waals surface area contributed by atoms with Crippen molar-refractivity contribution < 1.29 is 27.1 Å². The number of imidazole rings is 1. The summed E-state index contributed by atoms with van der Waals surface area (Å²) in [5, 5.41) is 0. The summed E-state index contributed by atoms with van der Waals surface area (Å²) in [5.74, 6) is -2.72. The van der Waals surface area contributed by atoms with Gasteiger partial charge in [0, 0.05) is 25.9 Å². The zero-order chi connectivity index (χ0) is 27.2. The van der Waals surface area contributed by atoms with Crippen molar-refractivity contribution in [2.75, 3.05) is 6.61 Å². The van der Waals surface area contributed by atoms with Gasteiger partial charge in [-0.15, -0.1) is 0 Å². The van der Waals surface area contributed by atoms with Gasteiger partial charge in [-0.1, -0.05) is 12.1 Å². The molecule has 0 amide bonds. The third-order valence-corrected chi connectivity index (χ3v) is 5.91. The van der Waals surface area contributed by atoms with Crippen LogP contribution in [-0.2, 0) is 31.6 Å². The molecule has 0 saturated carbocycles. The van der Waals surface area contributed by atoms with Crippen molar-refractivity contribution in [2.24, 2.45) is 14.1 Å². The van der Waals surface area contributed by atoms with Crippen LogP contribution < -0.4 is 16.9 Å². The van der Waals surface area contributed by atoms with Crippen LogP contribution in [0.15, 0.2) is 57.0 Å².